The highest BCUT2D eigenvalue weighted by Crippen LogP contribution is 2.31. The van der Waals surface area contributed by atoms with Gasteiger partial charge in [-0.05, 0) is 13.0 Å². The Morgan fingerprint density at radius 3 is 3.17 bits per heavy atom. The lowest BCUT2D eigenvalue weighted by Crippen LogP contribution is -2.26. The number of rotatable bonds is 3. The standard InChI is InChI=1S/C14H16N2OS/c1-10-15-8-11(18-10)9-16-13-6-7-17-14-5-3-2-4-12(13)14/h2-5,8,13,16H,6-7,9H2,1H3. The number of aryl methyl sites for hydroxylation is 1. The Hall–Kier alpha value is -1.39. The summed E-state index contributed by atoms with van der Waals surface area (Å²) in [6.45, 7) is 3.71. The van der Waals surface area contributed by atoms with Gasteiger partial charge in [0.05, 0.1) is 11.6 Å². The van der Waals surface area contributed by atoms with Gasteiger partial charge in [-0.1, -0.05) is 18.2 Å². The molecule has 3 nitrogen and oxygen atoms in total. The van der Waals surface area contributed by atoms with Crippen molar-refractivity contribution in [1.82, 2.24) is 10.3 Å². The van der Waals surface area contributed by atoms with Crippen molar-refractivity contribution in [3.05, 3.63) is 45.9 Å². The monoisotopic (exact) mass is 260 g/mol. The number of nitrogens with one attached hydrogen (secondary N) is 1. The van der Waals surface area contributed by atoms with Gasteiger partial charge in [0, 0.05) is 35.6 Å². The molecule has 18 heavy (non-hydrogen) atoms. The van der Waals surface area contributed by atoms with Crippen LogP contribution < -0.4 is 10.1 Å². The fourth-order valence-electron chi connectivity index (χ4n) is 2.26. The molecule has 1 N–H and O–H groups in total. The van der Waals surface area contributed by atoms with Crippen LogP contribution in [0.5, 0.6) is 5.75 Å². The molecule has 0 saturated heterocycles. The molecule has 0 spiro atoms. The van der Waals surface area contributed by atoms with Crippen LogP contribution in [-0.4, -0.2) is 11.6 Å². The first-order chi connectivity index (χ1) is 8.83. The van der Waals surface area contributed by atoms with Crippen LogP contribution in [0.25, 0.3) is 0 Å². The van der Waals surface area contributed by atoms with Gasteiger partial charge in [0.1, 0.15) is 5.75 Å². The van der Waals surface area contributed by atoms with Gasteiger partial charge in [0.15, 0.2) is 0 Å². The number of hydrogen-bond donors (Lipinski definition) is 1. The van der Waals surface area contributed by atoms with E-state index in [2.05, 4.69) is 22.4 Å². The zero-order chi connectivity index (χ0) is 12.4. The minimum absolute atomic E-state index is 0.386. The summed E-state index contributed by atoms with van der Waals surface area (Å²) >= 11 is 1.75. The van der Waals surface area contributed by atoms with Gasteiger partial charge in [0.25, 0.3) is 0 Å². The summed E-state index contributed by atoms with van der Waals surface area (Å²) in [7, 11) is 0. The molecule has 2 heterocycles. The molecule has 3 rings (SSSR count). The molecular weight excluding hydrogens is 244 g/mol. The highest BCUT2D eigenvalue weighted by Gasteiger charge is 2.20. The second kappa shape index (κ2) is 5.08. The maximum absolute atomic E-state index is 5.66. The maximum Gasteiger partial charge on any atom is 0.124 e. The first-order valence-electron chi connectivity index (χ1n) is 6.19. The Balaban J connectivity index is 1.71. The van der Waals surface area contributed by atoms with E-state index in [1.54, 1.807) is 11.3 Å². The molecule has 0 fully saturated rings. The zero-order valence-electron chi connectivity index (χ0n) is 10.3. The number of ether oxygens (including phenoxy) is 1. The van der Waals surface area contributed by atoms with Crippen molar-refractivity contribution in [1.29, 1.82) is 0 Å². The van der Waals surface area contributed by atoms with Crippen LogP contribution in [0.15, 0.2) is 30.5 Å². The lowest BCUT2D eigenvalue weighted by atomic mass is 10.0. The SMILES string of the molecule is Cc1ncc(CNC2CCOc3ccccc32)s1. The van der Waals surface area contributed by atoms with Gasteiger partial charge in [0.2, 0.25) is 0 Å². The molecule has 4 heteroatoms. The van der Waals surface area contributed by atoms with Crippen LogP contribution in [0.4, 0.5) is 0 Å². The molecule has 1 unspecified atom stereocenters. The Labute approximate surface area is 111 Å². The third-order valence-corrected chi connectivity index (χ3v) is 4.06. The predicted molar refractivity (Wildman–Crippen MR) is 73.0 cm³/mol. The van der Waals surface area contributed by atoms with E-state index in [1.165, 1.54) is 10.4 Å². The van der Waals surface area contributed by atoms with E-state index in [-0.39, 0.29) is 0 Å². The summed E-state index contributed by atoms with van der Waals surface area (Å²) in [5.41, 5.74) is 1.27. The fraction of sp³-hybridized carbons (Fsp3) is 0.357. The van der Waals surface area contributed by atoms with Crippen molar-refractivity contribution >= 4 is 11.3 Å². The van der Waals surface area contributed by atoms with Gasteiger partial charge in [-0.3, -0.25) is 0 Å². The van der Waals surface area contributed by atoms with Crippen LogP contribution in [0.2, 0.25) is 0 Å². The number of benzene rings is 1. The smallest absolute Gasteiger partial charge is 0.124 e. The van der Waals surface area contributed by atoms with E-state index in [4.69, 9.17) is 4.74 Å². The molecule has 94 valence electrons. The predicted octanol–water partition coefficient (Wildman–Crippen LogP) is 3.06. The van der Waals surface area contributed by atoms with E-state index >= 15 is 0 Å². The molecule has 2 aromatic rings. The Kier molecular flexibility index (Phi) is 3.30. The minimum Gasteiger partial charge on any atom is -0.493 e. The molecule has 1 aromatic heterocycles. The largest absolute Gasteiger partial charge is 0.493 e. The second-order valence-electron chi connectivity index (χ2n) is 4.45. The Morgan fingerprint density at radius 1 is 1.44 bits per heavy atom. The van der Waals surface area contributed by atoms with Gasteiger partial charge < -0.3 is 10.1 Å². The van der Waals surface area contributed by atoms with Crippen molar-refractivity contribution in [2.24, 2.45) is 0 Å². The maximum atomic E-state index is 5.66. The lowest BCUT2D eigenvalue weighted by Gasteiger charge is -2.26. The van der Waals surface area contributed by atoms with Gasteiger partial charge >= 0.3 is 0 Å². The van der Waals surface area contributed by atoms with Gasteiger partial charge in [-0.15, -0.1) is 11.3 Å². The van der Waals surface area contributed by atoms with Crippen molar-refractivity contribution in [2.75, 3.05) is 6.61 Å². The topological polar surface area (TPSA) is 34.2 Å². The molecule has 0 aliphatic carbocycles. The lowest BCUT2D eigenvalue weighted by molar-refractivity contribution is 0.252. The van der Waals surface area contributed by atoms with E-state index in [0.29, 0.717) is 6.04 Å². The molecular formula is C14H16N2OS. The quantitative estimate of drug-likeness (QED) is 0.921. The van der Waals surface area contributed by atoms with E-state index < -0.39 is 0 Å². The summed E-state index contributed by atoms with van der Waals surface area (Å²) in [5.74, 6) is 1.02. The van der Waals surface area contributed by atoms with Crippen LogP contribution in [0, 0.1) is 6.92 Å². The third kappa shape index (κ3) is 2.40. The third-order valence-electron chi connectivity index (χ3n) is 3.15. The molecule has 1 atom stereocenters. The summed E-state index contributed by atoms with van der Waals surface area (Å²) in [5, 5.41) is 4.72. The molecule has 0 bridgehead atoms. The first kappa shape index (κ1) is 11.7. The van der Waals surface area contributed by atoms with E-state index in [1.807, 2.05) is 25.3 Å². The van der Waals surface area contributed by atoms with Crippen LogP contribution in [0.1, 0.15) is 27.9 Å². The van der Waals surface area contributed by atoms with Crippen LogP contribution >= 0.6 is 11.3 Å². The normalized spacial score (nSPS) is 18.2. The van der Waals surface area contributed by atoms with Gasteiger partial charge in [-0.2, -0.15) is 0 Å². The van der Waals surface area contributed by atoms with Crippen molar-refractivity contribution in [2.45, 2.75) is 25.9 Å². The molecule has 0 radical (unpaired) electrons. The van der Waals surface area contributed by atoms with Crippen molar-refractivity contribution in [3.63, 3.8) is 0 Å². The molecule has 1 aliphatic rings. The zero-order valence-corrected chi connectivity index (χ0v) is 11.2. The van der Waals surface area contributed by atoms with Crippen LogP contribution in [-0.2, 0) is 6.54 Å². The average molecular weight is 260 g/mol. The fourth-order valence-corrected chi connectivity index (χ4v) is 3.01. The summed E-state index contributed by atoms with van der Waals surface area (Å²) in [6, 6.07) is 8.66. The number of thiazole rings is 1. The number of fused-ring (bicyclic) bond motifs is 1. The summed E-state index contributed by atoms with van der Waals surface area (Å²) in [4.78, 5) is 5.57. The second-order valence-corrected chi connectivity index (χ2v) is 5.77. The minimum atomic E-state index is 0.386. The summed E-state index contributed by atoms with van der Waals surface area (Å²) < 4.78 is 5.66. The number of aromatic nitrogens is 1. The molecule has 1 aromatic carbocycles. The molecule has 0 amide bonds. The highest BCUT2D eigenvalue weighted by molar-refractivity contribution is 7.11. The van der Waals surface area contributed by atoms with E-state index in [9.17, 15) is 0 Å². The highest BCUT2D eigenvalue weighted by atomic mass is 32.1. The number of nitrogens with zero attached hydrogens (tertiary/aromatic N) is 1. The molecule has 1 aliphatic heterocycles. The van der Waals surface area contributed by atoms with Gasteiger partial charge in [-0.25, -0.2) is 4.98 Å². The number of para-hydroxylation sites is 1. The first-order valence-corrected chi connectivity index (χ1v) is 7.01. The Bertz CT molecular complexity index is 538. The Morgan fingerprint density at radius 2 is 2.33 bits per heavy atom. The van der Waals surface area contributed by atoms with E-state index in [0.717, 1.165) is 30.3 Å². The van der Waals surface area contributed by atoms with Crippen molar-refractivity contribution in [3.8, 4) is 5.75 Å². The molecule has 0 saturated carbocycles. The van der Waals surface area contributed by atoms with Crippen molar-refractivity contribution < 1.29 is 4.74 Å². The number of hydrogen-bond acceptors (Lipinski definition) is 4. The van der Waals surface area contributed by atoms with Crippen LogP contribution in [0.3, 0.4) is 0 Å². The summed E-state index contributed by atoms with van der Waals surface area (Å²) in [6.07, 6.45) is 2.98. The average Bonchev–Trinajstić information content (AvgIpc) is 2.82.